The zero-order valence-electron chi connectivity index (χ0n) is 16.2. The number of nitriles is 1. The van der Waals surface area contributed by atoms with Crippen molar-refractivity contribution in [1.29, 1.82) is 5.26 Å². The molecule has 1 N–H and O–H groups in total. The van der Waals surface area contributed by atoms with Crippen LogP contribution in [0.15, 0.2) is 40.9 Å². The van der Waals surface area contributed by atoms with E-state index in [1.807, 2.05) is 30.5 Å². The summed E-state index contributed by atoms with van der Waals surface area (Å²) in [6.07, 6.45) is 9.05. The molecule has 2 aromatic heterocycles. The van der Waals surface area contributed by atoms with Crippen molar-refractivity contribution < 1.29 is 9.21 Å². The molecule has 29 heavy (non-hydrogen) atoms. The first kappa shape index (κ1) is 17.9. The van der Waals surface area contributed by atoms with E-state index in [-0.39, 0.29) is 11.9 Å². The number of nitrogens with one attached hydrogen (secondary N) is 1. The lowest BCUT2D eigenvalue weighted by molar-refractivity contribution is 0.0885. The number of hydrogen-bond donors (Lipinski definition) is 1. The molecule has 3 aromatic rings. The van der Waals surface area contributed by atoms with Crippen molar-refractivity contribution in [2.45, 2.75) is 56.5 Å². The summed E-state index contributed by atoms with van der Waals surface area (Å²) in [6.45, 7) is 0. The van der Waals surface area contributed by atoms with Gasteiger partial charge in [0.2, 0.25) is 0 Å². The molecule has 2 aliphatic carbocycles. The molecule has 1 aromatic carbocycles. The molecule has 1 atom stereocenters. The van der Waals surface area contributed by atoms with Gasteiger partial charge in [0, 0.05) is 5.39 Å². The average Bonchev–Trinajstić information content (AvgIpc) is 3.20. The van der Waals surface area contributed by atoms with Crippen molar-refractivity contribution in [3.63, 3.8) is 0 Å². The minimum atomic E-state index is -0.550. The van der Waals surface area contributed by atoms with Crippen LogP contribution < -0.4 is 5.32 Å². The van der Waals surface area contributed by atoms with Crippen LogP contribution >= 0.6 is 0 Å². The Morgan fingerprint density at radius 1 is 1.28 bits per heavy atom. The van der Waals surface area contributed by atoms with Gasteiger partial charge in [-0.15, -0.1) is 5.10 Å². The summed E-state index contributed by atoms with van der Waals surface area (Å²) in [5.74, 6) is 0.363. The van der Waals surface area contributed by atoms with Crippen LogP contribution in [0.25, 0.3) is 11.0 Å². The number of furan rings is 1. The van der Waals surface area contributed by atoms with Crippen LogP contribution in [-0.4, -0.2) is 20.9 Å². The number of aromatic nitrogens is 3. The van der Waals surface area contributed by atoms with Crippen LogP contribution in [-0.2, 0) is 5.54 Å². The Hall–Kier alpha value is -3.14. The molecule has 2 saturated carbocycles. The summed E-state index contributed by atoms with van der Waals surface area (Å²) in [5, 5.41) is 22.1. The lowest BCUT2D eigenvalue weighted by Gasteiger charge is -2.29. The fourth-order valence-corrected chi connectivity index (χ4v) is 4.35. The van der Waals surface area contributed by atoms with Gasteiger partial charge in [-0.1, -0.05) is 42.7 Å². The quantitative estimate of drug-likeness (QED) is 0.709. The maximum absolute atomic E-state index is 13.0. The molecule has 0 saturated heterocycles. The Bertz CT molecular complexity index is 1050. The first-order valence-electron chi connectivity index (χ1n) is 10.3. The molecule has 0 aliphatic heterocycles. The molecule has 5 rings (SSSR count). The lowest BCUT2D eigenvalue weighted by atomic mass is 9.82. The largest absolute Gasteiger partial charge is 0.451 e. The van der Waals surface area contributed by atoms with Gasteiger partial charge in [-0.05, 0) is 43.7 Å². The van der Waals surface area contributed by atoms with E-state index >= 15 is 0 Å². The third-order valence-corrected chi connectivity index (χ3v) is 6.26. The second kappa shape index (κ2) is 7.03. The smallest absolute Gasteiger partial charge is 0.287 e. The maximum atomic E-state index is 13.0. The van der Waals surface area contributed by atoms with Gasteiger partial charge < -0.3 is 9.73 Å². The van der Waals surface area contributed by atoms with E-state index in [1.165, 1.54) is 6.42 Å². The number of nitrogens with zero attached hydrogens (tertiary/aromatic N) is 4. The second-order valence-electron chi connectivity index (χ2n) is 8.23. The van der Waals surface area contributed by atoms with Crippen molar-refractivity contribution in [2.75, 3.05) is 0 Å². The molecule has 1 unspecified atom stereocenters. The summed E-state index contributed by atoms with van der Waals surface area (Å²) in [4.78, 5) is 13.0. The first-order chi connectivity index (χ1) is 14.2. The number of fused-ring (bicyclic) bond motifs is 1. The van der Waals surface area contributed by atoms with Crippen LogP contribution in [0.2, 0.25) is 0 Å². The SMILES string of the molecule is N#CC1(n2cc(C(NC(=O)c3cc4ccccc4o3)C3CCCCC3)nn2)CC1. The number of hydrogen-bond acceptors (Lipinski definition) is 5. The highest BCUT2D eigenvalue weighted by Gasteiger charge is 2.47. The lowest BCUT2D eigenvalue weighted by Crippen LogP contribution is -2.34. The molecule has 2 heterocycles. The average molecular weight is 389 g/mol. The third kappa shape index (κ3) is 3.29. The van der Waals surface area contributed by atoms with E-state index in [0.717, 1.165) is 49.6 Å². The van der Waals surface area contributed by atoms with E-state index in [4.69, 9.17) is 4.42 Å². The predicted molar refractivity (Wildman–Crippen MR) is 106 cm³/mol. The number of rotatable bonds is 5. The summed E-state index contributed by atoms with van der Waals surface area (Å²) in [5.41, 5.74) is 0.871. The van der Waals surface area contributed by atoms with Crippen molar-refractivity contribution in [2.24, 2.45) is 5.92 Å². The van der Waals surface area contributed by atoms with Crippen LogP contribution in [0.5, 0.6) is 0 Å². The number of amides is 1. The fraction of sp³-hybridized carbons (Fsp3) is 0.455. The zero-order valence-corrected chi connectivity index (χ0v) is 16.2. The Morgan fingerprint density at radius 3 is 2.79 bits per heavy atom. The minimum absolute atomic E-state index is 0.237. The number of carbonyl (C=O) groups excluding carboxylic acids is 1. The maximum Gasteiger partial charge on any atom is 0.287 e. The molecule has 2 fully saturated rings. The molecule has 1 amide bonds. The Labute approximate surface area is 168 Å². The van der Waals surface area contributed by atoms with Gasteiger partial charge in [-0.25, -0.2) is 4.68 Å². The van der Waals surface area contributed by atoms with Crippen LogP contribution in [0.1, 0.15) is 67.2 Å². The molecule has 7 heteroatoms. The summed E-state index contributed by atoms with van der Waals surface area (Å²) in [6, 6.07) is 11.5. The van der Waals surface area contributed by atoms with Gasteiger partial charge in [0.05, 0.1) is 18.3 Å². The van der Waals surface area contributed by atoms with Gasteiger partial charge in [-0.2, -0.15) is 5.26 Å². The molecule has 2 aliphatic rings. The molecule has 0 spiro atoms. The van der Waals surface area contributed by atoms with E-state index in [2.05, 4.69) is 21.7 Å². The summed E-state index contributed by atoms with van der Waals surface area (Å²) in [7, 11) is 0. The third-order valence-electron chi connectivity index (χ3n) is 6.26. The van der Waals surface area contributed by atoms with Crippen LogP contribution in [0.4, 0.5) is 0 Å². The second-order valence-corrected chi connectivity index (χ2v) is 8.23. The number of carbonyl (C=O) groups is 1. The topological polar surface area (TPSA) is 96.7 Å². The normalized spacial score (nSPS) is 19.6. The highest BCUT2D eigenvalue weighted by atomic mass is 16.3. The van der Waals surface area contributed by atoms with Crippen molar-refractivity contribution in [3.05, 3.63) is 48.0 Å². The van der Waals surface area contributed by atoms with Crippen molar-refractivity contribution in [3.8, 4) is 6.07 Å². The van der Waals surface area contributed by atoms with E-state index < -0.39 is 5.54 Å². The standard InChI is InChI=1S/C22H23N5O2/c23-14-22(10-11-22)27-13-17(25-26-27)20(15-6-2-1-3-7-15)24-21(28)19-12-16-8-4-5-9-18(16)29-19/h4-5,8-9,12-13,15,20H,1-3,6-7,10-11H2,(H,24,28). The first-order valence-corrected chi connectivity index (χ1v) is 10.3. The Morgan fingerprint density at radius 2 is 2.07 bits per heavy atom. The number of benzene rings is 1. The van der Waals surface area contributed by atoms with E-state index in [0.29, 0.717) is 17.3 Å². The van der Waals surface area contributed by atoms with Crippen molar-refractivity contribution in [1.82, 2.24) is 20.3 Å². The summed E-state index contributed by atoms with van der Waals surface area (Å²) >= 11 is 0. The Balaban J connectivity index is 1.43. The van der Waals surface area contributed by atoms with Gasteiger partial charge in [0.25, 0.3) is 5.91 Å². The van der Waals surface area contributed by atoms with E-state index in [9.17, 15) is 10.1 Å². The van der Waals surface area contributed by atoms with Crippen LogP contribution in [0, 0.1) is 17.2 Å². The van der Waals surface area contributed by atoms with Gasteiger partial charge >= 0.3 is 0 Å². The van der Waals surface area contributed by atoms with E-state index in [1.54, 1.807) is 10.7 Å². The minimum Gasteiger partial charge on any atom is -0.451 e. The van der Waals surface area contributed by atoms with Gasteiger partial charge in [0.1, 0.15) is 11.3 Å². The van der Waals surface area contributed by atoms with Crippen LogP contribution in [0.3, 0.4) is 0 Å². The highest BCUT2D eigenvalue weighted by molar-refractivity contribution is 5.96. The summed E-state index contributed by atoms with van der Waals surface area (Å²) < 4.78 is 7.42. The molecule has 0 bridgehead atoms. The predicted octanol–water partition coefficient (Wildman–Crippen LogP) is 4.09. The van der Waals surface area contributed by atoms with Crippen molar-refractivity contribution >= 4 is 16.9 Å². The Kier molecular flexibility index (Phi) is 4.35. The monoisotopic (exact) mass is 389 g/mol. The molecular formula is C22H23N5O2. The molecule has 7 nitrogen and oxygen atoms in total. The zero-order chi connectivity index (χ0) is 19.8. The molecule has 148 valence electrons. The van der Waals surface area contributed by atoms with Gasteiger partial charge in [0.15, 0.2) is 11.3 Å². The highest BCUT2D eigenvalue weighted by Crippen LogP contribution is 2.43. The fourth-order valence-electron chi connectivity index (χ4n) is 4.35. The molecular weight excluding hydrogens is 366 g/mol. The molecule has 0 radical (unpaired) electrons. The number of para-hydroxylation sites is 1. The van der Waals surface area contributed by atoms with Gasteiger partial charge in [-0.3, -0.25) is 4.79 Å².